The second kappa shape index (κ2) is 7.19. The molecule has 0 bridgehead atoms. The first-order valence-electron chi connectivity index (χ1n) is 9.67. The Balaban J connectivity index is 1.43. The van der Waals surface area contributed by atoms with Gasteiger partial charge < -0.3 is 15.1 Å². The molecule has 1 aromatic rings. The van der Waals surface area contributed by atoms with Crippen LogP contribution in [-0.2, 0) is 4.79 Å². The monoisotopic (exact) mass is 376 g/mol. The lowest BCUT2D eigenvalue weighted by Gasteiger charge is -2.46. The maximum Gasteiger partial charge on any atom is 0.317 e. The van der Waals surface area contributed by atoms with E-state index in [1.165, 1.54) is 19.3 Å². The molecule has 2 aliphatic heterocycles. The van der Waals surface area contributed by atoms with Crippen LogP contribution < -0.4 is 10.2 Å². The fourth-order valence-electron chi connectivity index (χ4n) is 4.59. The highest BCUT2D eigenvalue weighted by atomic mass is 32.1. The molecule has 1 atom stereocenters. The van der Waals surface area contributed by atoms with Crippen molar-refractivity contribution in [3.8, 4) is 0 Å². The van der Waals surface area contributed by atoms with Crippen molar-refractivity contribution >= 4 is 29.0 Å². The number of likely N-dealkylation sites (N-methyl/N-ethyl adjacent to an activating group) is 1. The van der Waals surface area contributed by atoms with Gasteiger partial charge in [-0.15, -0.1) is 0 Å². The molecule has 0 aromatic carbocycles. The molecule has 1 spiro atoms. The lowest BCUT2D eigenvalue weighted by Crippen LogP contribution is -2.64. The van der Waals surface area contributed by atoms with Crippen LogP contribution in [0.15, 0.2) is 16.8 Å². The second-order valence-corrected chi connectivity index (χ2v) is 8.78. The van der Waals surface area contributed by atoms with Gasteiger partial charge in [-0.2, -0.15) is 11.3 Å². The number of hydrogen-bond donors (Lipinski definition) is 1. The summed E-state index contributed by atoms with van der Waals surface area (Å²) in [6.07, 6.45) is 6.84. The summed E-state index contributed by atoms with van der Waals surface area (Å²) in [4.78, 5) is 31.3. The molecular weight excluding hydrogens is 348 g/mol. The van der Waals surface area contributed by atoms with Gasteiger partial charge >= 0.3 is 6.03 Å². The molecule has 142 valence electrons. The molecule has 2 saturated heterocycles. The van der Waals surface area contributed by atoms with Crippen LogP contribution in [0.5, 0.6) is 0 Å². The van der Waals surface area contributed by atoms with Gasteiger partial charge in [0.1, 0.15) is 0 Å². The van der Waals surface area contributed by atoms with Gasteiger partial charge in [-0.25, -0.2) is 4.79 Å². The van der Waals surface area contributed by atoms with E-state index < -0.39 is 0 Å². The van der Waals surface area contributed by atoms with Crippen molar-refractivity contribution in [1.29, 1.82) is 0 Å². The number of amides is 3. The van der Waals surface area contributed by atoms with Crippen LogP contribution in [0.2, 0.25) is 0 Å². The molecular formula is C19H28N4O2S. The molecule has 1 unspecified atom stereocenters. The van der Waals surface area contributed by atoms with Crippen molar-refractivity contribution in [3.63, 3.8) is 0 Å². The van der Waals surface area contributed by atoms with Crippen LogP contribution in [0.4, 0.5) is 10.5 Å². The number of piperazine rings is 1. The molecule has 3 aliphatic rings. The number of nitrogens with one attached hydrogen (secondary N) is 1. The van der Waals surface area contributed by atoms with Gasteiger partial charge in [0.2, 0.25) is 5.91 Å². The van der Waals surface area contributed by atoms with E-state index in [1.807, 2.05) is 33.7 Å². The molecule has 4 rings (SSSR count). The predicted molar refractivity (Wildman–Crippen MR) is 104 cm³/mol. The molecule has 1 saturated carbocycles. The number of likely N-dealkylation sites (tertiary alicyclic amines) is 1. The smallest absolute Gasteiger partial charge is 0.317 e. The average molecular weight is 377 g/mol. The number of carbonyl (C=O) groups is 2. The molecule has 3 heterocycles. The summed E-state index contributed by atoms with van der Waals surface area (Å²) in [5.74, 6) is 0.140. The number of nitrogens with zero attached hydrogens (tertiary/aromatic N) is 3. The first-order chi connectivity index (χ1) is 12.6. The summed E-state index contributed by atoms with van der Waals surface area (Å²) in [6.45, 7) is 2.52. The summed E-state index contributed by atoms with van der Waals surface area (Å²) < 4.78 is 0. The third-order valence-corrected chi connectivity index (χ3v) is 6.98. The Morgan fingerprint density at radius 3 is 2.81 bits per heavy atom. The highest BCUT2D eigenvalue weighted by molar-refractivity contribution is 7.08. The van der Waals surface area contributed by atoms with Crippen molar-refractivity contribution in [2.24, 2.45) is 0 Å². The highest BCUT2D eigenvalue weighted by Gasteiger charge is 2.48. The van der Waals surface area contributed by atoms with E-state index in [0.29, 0.717) is 25.7 Å². The summed E-state index contributed by atoms with van der Waals surface area (Å²) in [7, 11) is 2.02. The first-order valence-corrected chi connectivity index (χ1v) is 10.6. The molecule has 1 aromatic heterocycles. The zero-order chi connectivity index (χ0) is 18.1. The van der Waals surface area contributed by atoms with Crippen LogP contribution in [0.25, 0.3) is 0 Å². The number of rotatable bonds is 2. The Morgan fingerprint density at radius 2 is 2.08 bits per heavy atom. The predicted octanol–water partition coefficient (Wildman–Crippen LogP) is 2.51. The Morgan fingerprint density at radius 1 is 1.27 bits per heavy atom. The Labute approximate surface area is 159 Å². The van der Waals surface area contributed by atoms with E-state index in [4.69, 9.17) is 0 Å². The van der Waals surface area contributed by atoms with Crippen molar-refractivity contribution in [2.45, 2.75) is 50.1 Å². The minimum absolute atomic E-state index is 0.0705. The molecule has 1 N–H and O–H groups in total. The van der Waals surface area contributed by atoms with Crippen LogP contribution in [0.1, 0.15) is 38.5 Å². The number of hydrogen-bond acceptors (Lipinski definition) is 4. The Bertz CT molecular complexity index is 659. The van der Waals surface area contributed by atoms with Crippen LogP contribution in [0, 0.1) is 0 Å². The molecule has 6 nitrogen and oxygen atoms in total. The maximum absolute atomic E-state index is 12.7. The van der Waals surface area contributed by atoms with E-state index in [0.717, 1.165) is 31.5 Å². The molecule has 0 radical (unpaired) electrons. The van der Waals surface area contributed by atoms with Crippen molar-refractivity contribution in [2.75, 3.05) is 38.1 Å². The summed E-state index contributed by atoms with van der Waals surface area (Å²) in [6, 6.07) is 2.41. The largest absolute Gasteiger partial charge is 0.335 e. The maximum atomic E-state index is 12.7. The van der Waals surface area contributed by atoms with E-state index >= 15 is 0 Å². The van der Waals surface area contributed by atoms with E-state index in [1.54, 1.807) is 11.3 Å². The Hall–Kier alpha value is -1.60. The zero-order valence-electron chi connectivity index (χ0n) is 15.4. The third kappa shape index (κ3) is 3.34. The van der Waals surface area contributed by atoms with Crippen LogP contribution in [-0.4, -0.2) is 66.5 Å². The third-order valence-electron chi connectivity index (χ3n) is 6.31. The zero-order valence-corrected chi connectivity index (χ0v) is 16.3. The Kier molecular flexibility index (Phi) is 4.92. The lowest BCUT2D eigenvalue weighted by atomic mass is 9.93. The topological polar surface area (TPSA) is 55.9 Å². The van der Waals surface area contributed by atoms with Gasteiger partial charge in [-0.05, 0) is 37.8 Å². The van der Waals surface area contributed by atoms with Gasteiger partial charge in [-0.1, -0.05) is 19.3 Å². The van der Waals surface area contributed by atoms with Gasteiger partial charge in [0.05, 0.1) is 17.8 Å². The first kappa shape index (κ1) is 17.8. The quantitative estimate of drug-likeness (QED) is 0.863. The van der Waals surface area contributed by atoms with Crippen molar-refractivity contribution in [1.82, 2.24) is 15.1 Å². The fourth-order valence-corrected chi connectivity index (χ4v) is 5.23. The average Bonchev–Trinajstić information content (AvgIpc) is 3.30. The van der Waals surface area contributed by atoms with Crippen LogP contribution >= 0.6 is 11.3 Å². The minimum Gasteiger partial charge on any atom is -0.335 e. The van der Waals surface area contributed by atoms with Gasteiger partial charge in [-0.3, -0.25) is 9.69 Å². The van der Waals surface area contributed by atoms with Gasteiger partial charge in [0, 0.05) is 31.1 Å². The highest BCUT2D eigenvalue weighted by Crippen LogP contribution is 2.34. The normalized spacial score (nSPS) is 28.1. The van der Waals surface area contributed by atoms with E-state index in [2.05, 4.69) is 10.2 Å². The number of urea groups is 1. The minimum atomic E-state index is -0.139. The van der Waals surface area contributed by atoms with E-state index in [-0.39, 0.29) is 17.5 Å². The molecule has 1 aliphatic carbocycles. The molecule has 3 amide bonds. The summed E-state index contributed by atoms with van der Waals surface area (Å²) in [5.41, 5.74) is 0.845. The number of thiophene rings is 1. The molecule has 26 heavy (non-hydrogen) atoms. The van der Waals surface area contributed by atoms with Gasteiger partial charge in [0.25, 0.3) is 0 Å². The van der Waals surface area contributed by atoms with Gasteiger partial charge in [0.15, 0.2) is 0 Å². The van der Waals surface area contributed by atoms with Crippen molar-refractivity contribution < 1.29 is 9.59 Å². The lowest BCUT2D eigenvalue weighted by molar-refractivity contribution is -0.123. The summed E-state index contributed by atoms with van der Waals surface area (Å²) >= 11 is 1.61. The number of carbonyl (C=O) groups excluding carboxylic acids is 2. The van der Waals surface area contributed by atoms with Crippen LogP contribution in [0.3, 0.4) is 0 Å². The molecule has 7 heteroatoms. The SMILES string of the molecule is CN1CC(=O)N(c2ccsc2)CC12CCN(C(=O)NC1CCCCC1)C2. The van der Waals surface area contributed by atoms with Crippen molar-refractivity contribution in [3.05, 3.63) is 16.8 Å². The standard InChI is InChI=1S/C19H28N4O2S/c1-21-11-17(24)23(16-7-10-26-12-16)14-19(21)8-9-22(13-19)18(25)20-15-5-3-2-4-6-15/h7,10,12,15H,2-6,8-9,11,13-14H2,1H3,(H,20,25). The fraction of sp³-hybridized carbons (Fsp3) is 0.684. The summed E-state index contributed by atoms with van der Waals surface area (Å²) in [5, 5.41) is 7.27. The number of anilines is 1. The molecule has 3 fully saturated rings. The van der Waals surface area contributed by atoms with E-state index in [9.17, 15) is 9.59 Å². The second-order valence-electron chi connectivity index (χ2n) is 8.00.